The van der Waals surface area contributed by atoms with Gasteiger partial charge in [0.2, 0.25) is 5.01 Å². The minimum Gasteiger partial charge on any atom is -0.346 e. The minimum atomic E-state index is -0.315. The van der Waals surface area contributed by atoms with Crippen LogP contribution in [0.2, 0.25) is 5.02 Å². The summed E-state index contributed by atoms with van der Waals surface area (Å²) in [5, 5.41) is 21.9. The van der Waals surface area contributed by atoms with Gasteiger partial charge in [-0.3, -0.25) is 4.79 Å². The summed E-state index contributed by atoms with van der Waals surface area (Å²) in [7, 11) is 0. The van der Waals surface area contributed by atoms with Crippen molar-refractivity contribution in [2.45, 2.75) is 30.9 Å². The van der Waals surface area contributed by atoms with Gasteiger partial charge < -0.3 is 9.88 Å². The Morgan fingerprint density at radius 3 is 2.56 bits per heavy atom. The Morgan fingerprint density at radius 1 is 1.09 bits per heavy atom. The normalized spacial score (nSPS) is 11.0. The maximum Gasteiger partial charge on any atom is 0.282 e. The topological polar surface area (TPSA) is 85.6 Å². The van der Waals surface area contributed by atoms with Crippen molar-refractivity contribution in [2.24, 2.45) is 0 Å². The first-order valence-corrected chi connectivity index (χ1v) is 11.9. The first kappa shape index (κ1) is 22.4. The second-order valence-corrected chi connectivity index (χ2v) is 9.10. The number of halogens is 2. The van der Waals surface area contributed by atoms with E-state index in [0.717, 1.165) is 22.1 Å². The van der Waals surface area contributed by atoms with Crippen LogP contribution in [-0.4, -0.2) is 30.9 Å². The van der Waals surface area contributed by atoms with Gasteiger partial charge in [0.25, 0.3) is 5.91 Å². The molecule has 0 atom stereocenters. The zero-order valence-corrected chi connectivity index (χ0v) is 19.3. The molecule has 2 heterocycles. The third-order valence-electron chi connectivity index (χ3n) is 4.49. The fourth-order valence-corrected chi connectivity index (χ4v) is 4.75. The van der Waals surface area contributed by atoms with Crippen molar-refractivity contribution < 1.29 is 9.18 Å². The molecule has 0 saturated heterocycles. The lowest BCUT2D eigenvalue weighted by Gasteiger charge is -2.06. The van der Waals surface area contributed by atoms with Crippen molar-refractivity contribution >= 4 is 40.6 Å². The molecule has 1 N–H and O–H groups in total. The lowest BCUT2D eigenvalue weighted by molar-refractivity contribution is 0.0950. The molecule has 1 amide bonds. The predicted octanol–water partition coefficient (Wildman–Crippen LogP) is 4.83. The smallest absolute Gasteiger partial charge is 0.282 e. The predicted molar refractivity (Wildman–Crippen MR) is 123 cm³/mol. The fourth-order valence-electron chi connectivity index (χ4n) is 2.88. The largest absolute Gasteiger partial charge is 0.346 e. The SMILES string of the molecule is CCn1c(SCc2nnc(C(=O)NCc3ccc(F)cc3)s2)nnc1-c1ccc(Cl)cc1. The van der Waals surface area contributed by atoms with E-state index in [-0.39, 0.29) is 23.3 Å². The van der Waals surface area contributed by atoms with E-state index in [1.807, 2.05) is 35.8 Å². The average molecular weight is 489 g/mol. The molecule has 4 rings (SSSR count). The Labute approximate surface area is 197 Å². The molecule has 32 heavy (non-hydrogen) atoms. The summed E-state index contributed by atoms with van der Waals surface area (Å²) in [6, 6.07) is 13.4. The van der Waals surface area contributed by atoms with Gasteiger partial charge in [-0.05, 0) is 48.9 Å². The standard InChI is InChI=1S/C21H18ClFN6OS2/c1-2-29-18(14-5-7-15(22)8-6-14)26-28-21(29)31-12-17-25-27-20(32-17)19(30)24-11-13-3-9-16(23)10-4-13/h3-10H,2,11-12H2,1H3,(H,24,30). The molecule has 0 fully saturated rings. The van der Waals surface area contributed by atoms with Crippen LogP contribution >= 0.6 is 34.7 Å². The highest BCUT2D eigenvalue weighted by Crippen LogP contribution is 2.28. The summed E-state index contributed by atoms with van der Waals surface area (Å²) in [5.74, 6) is 0.655. The molecule has 0 saturated carbocycles. The summed E-state index contributed by atoms with van der Waals surface area (Å²) in [6.07, 6.45) is 0. The number of nitrogens with one attached hydrogen (secondary N) is 1. The molecule has 0 bridgehead atoms. The lowest BCUT2D eigenvalue weighted by atomic mass is 10.2. The zero-order chi connectivity index (χ0) is 22.5. The average Bonchev–Trinajstić information content (AvgIpc) is 3.44. The van der Waals surface area contributed by atoms with Gasteiger partial charge in [0.05, 0.1) is 5.75 Å². The van der Waals surface area contributed by atoms with Crippen molar-refractivity contribution in [3.63, 3.8) is 0 Å². The van der Waals surface area contributed by atoms with Crippen LogP contribution in [0.3, 0.4) is 0 Å². The van der Waals surface area contributed by atoms with Gasteiger partial charge in [0.15, 0.2) is 11.0 Å². The summed E-state index contributed by atoms with van der Waals surface area (Å²) in [4.78, 5) is 12.3. The molecule has 11 heteroatoms. The first-order chi connectivity index (χ1) is 15.5. The second kappa shape index (κ2) is 10.2. The molecule has 0 aliphatic carbocycles. The summed E-state index contributed by atoms with van der Waals surface area (Å²) in [6.45, 7) is 3.03. The summed E-state index contributed by atoms with van der Waals surface area (Å²) >= 11 is 8.69. The lowest BCUT2D eigenvalue weighted by Crippen LogP contribution is -2.22. The summed E-state index contributed by atoms with van der Waals surface area (Å²) < 4.78 is 15.0. The van der Waals surface area contributed by atoms with E-state index < -0.39 is 0 Å². The Hall–Kier alpha value is -2.82. The van der Waals surface area contributed by atoms with E-state index >= 15 is 0 Å². The van der Waals surface area contributed by atoms with E-state index in [1.165, 1.54) is 35.2 Å². The van der Waals surface area contributed by atoms with Gasteiger partial charge in [-0.2, -0.15) is 0 Å². The molecule has 2 aromatic carbocycles. The maximum atomic E-state index is 13.0. The third kappa shape index (κ3) is 5.32. The van der Waals surface area contributed by atoms with Gasteiger partial charge in [-0.15, -0.1) is 20.4 Å². The molecule has 0 radical (unpaired) electrons. The van der Waals surface area contributed by atoms with Crippen molar-refractivity contribution in [3.05, 3.63) is 74.9 Å². The number of carbonyl (C=O) groups excluding carboxylic acids is 1. The van der Waals surface area contributed by atoms with Crippen LogP contribution in [0.5, 0.6) is 0 Å². The third-order valence-corrected chi connectivity index (χ3v) is 6.82. The Kier molecular flexibility index (Phi) is 7.13. The van der Waals surface area contributed by atoms with E-state index in [2.05, 4.69) is 25.7 Å². The van der Waals surface area contributed by atoms with Crippen LogP contribution < -0.4 is 5.32 Å². The number of hydrogen-bond donors (Lipinski definition) is 1. The van der Waals surface area contributed by atoms with Gasteiger partial charge in [-0.1, -0.05) is 46.8 Å². The minimum absolute atomic E-state index is 0.279. The molecule has 0 aliphatic heterocycles. The highest BCUT2D eigenvalue weighted by Gasteiger charge is 2.16. The zero-order valence-electron chi connectivity index (χ0n) is 17.0. The molecule has 4 aromatic rings. The van der Waals surface area contributed by atoms with Crippen LogP contribution in [0.4, 0.5) is 4.39 Å². The number of benzene rings is 2. The molecule has 0 spiro atoms. The Morgan fingerprint density at radius 2 is 1.84 bits per heavy atom. The maximum absolute atomic E-state index is 13.0. The number of thioether (sulfide) groups is 1. The van der Waals surface area contributed by atoms with E-state index in [9.17, 15) is 9.18 Å². The molecule has 0 unspecified atom stereocenters. The Balaban J connectivity index is 1.37. The number of carbonyl (C=O) groups is 1. The van der Waals surface area contributed by atoms with E-state index in [4.69, 9.17) is 11.6 Å². The summed E-state index contributed by atoms with van der Waals surface area (Å²) in [5.41, 5.74) is 1.74. The number of aromatic nitrogens is 5. The number of nitrogens with zero attached hydrogens (tertiary/aromatic N) is 5. The highest BCUT2D eigenvalue weighted by molar-refractivity contribution is 7.98. The van der Waals surface area contributed by atoms with Crippen molar-refractivity contribution in [2.75, 3.05) is 0 Å². The molecule has 7 nitrogen and oxygen atoms in total. The second-order valence-electron chi connectivity index (χ2n) is 6.66. The van der Waals surface area contributed by atoms with Crippen molar-refractivity contribution in [1.82, 2.24) is 30.3 Å². The number of rotatable bonds is 8. The van der Waals surface area contributed by atoms with Crippen molar-refractivity contribution in [3.8, 4) is 11.4 Å². The van der Waals surface area contributed by atoms with Crippen LogP contribution in [0.15, 0.2) is 53.7 Å². The van der Waals surface area contributed by atoms with E-state index in [1.54, 1.807) is 12.1 Å². The van der Waals surface area contributed by atoms with Crippen molar-refractivity contribution in [1.29, 1.82) is 0 Å². The molecular formula is C21H18ClFN6OS2. The van der Waals surface area contributed by atoms with Gasteiger partial charge in [0.1, 0.15) is 10.8 Å². The molecule has 164 valence electrons. The highest BCUT2D eigenvalue weighted by atomic mass is 35.5. The first-order valence-electron chi connectivity index (χ1n) is 9.70. The van der Waals surface area contributed by atoms with Gasteiger partial charge in [0, 0.05) is 23.7 Å². The Bertz CT molecular complexity index is 1210. The van der Waals surface area contributed by atoms with Crippen LogP contribution in [0.25, 0.3) is 11.4 Å². The number of amides is 1. The van der Waals surface area contributed by atoms with Gasteiger partial charge >= 0.3 is 0 Å². The van der Waals surface area contributed by atoms with Crippen LogP contribution in [0.1, 0.15) is 27.3 Å². The van der Waals surface area contributed by atoms with Gasteiger partial charge in [-0.25, -0.2) is 4.39 Å². The molecular weight excluding hydrogens is 471 g/mol. The molecule has 2 aromatic heterocycles. The monoisotopic (exact) mass is 488 g/mol. The van der Waals surface area contributed by atoms with E-state index in [0.29, 0.717) is 22.3 Å². The number of hydrogen-bond acceptors (Lipinski definition) is 7. The van der Waals surface area contributed by atoms with Crippen LogP contribution in [0, 0.1) is 5.82 Å². The fraction of sp³-hybridized carbons (Fsp3) is 0.190. The van der Waals surface area contributed by atoms with Crippen LogP contribution in [-0.2, 0) is 18.8 Å². The molecule has 0 aliphatic rings. The quantitative estimate of drug-likeness (QED) is 0.357.